The monoisotopic (exact) mass is 224 g/mol. The van der Waals surface area contributed by atoms with Crippen molar-refractivity contribution in [2.24, 2.45) is 0 Å². The Morgan fingerprint density at radius 3 is 2.81 bits per heavy atom. The molecule has 0 aromatic carbocycles. The van der Waals surface area contributed by atoms with E-state index in [0.717, 1.165) is 24.3 Å². The quantitative estimate of drug-likeness (QED) is 0.686. The Hall–Kier alpha value is -1.13. The van der Waals surface area contributed by atoms with Gasteiger partial charge >= 0.3 is 0 Å². The van der Waals surface area contributed by atoms with Crippen LogP contribution in [-0.2, 0) is 16.1 Å². The summed E-state index contributed by atoms with van der Waals surface area (Å²) in [6, 6.07) is 4.00. The number of nitrogens with one attached hydrogen (secondary N) is 1. The predicted octanol–water partition coefficient (Wildman–Crippen LogP) is 2.07. The van der Waals surface area contributed by atoms with Gasteiger partial charge in [0.1, 0.15) is 5.82 Å². The molecule has 0 saturated heterocycles. The van der Waals surface area contributed by atoms with Crippen LogP contribution in [0.2, 0.25) is 0 Å². The second-order valence-electron chi connectivity index (χ2n) is 3.52. The topological polar surface area (TPSA) is 43.4 Å². The Bertz CT molecular complexity index is 275. The number of ether oxygens (including phenoxy) is 2. The van der Waals surface area contributed by atoms with Crippen LogP contribution in [0.15, 0.2) is 18.3 Å². The van der Waals surface area contributed by atoms with Crippen LogP contribution in [0.4, 0.5) is 5.82 Å². The predicted molar refractivity (Wildman–Crippen MR) is 64.5 cm³/mol. The van der Waals surface area contributed by atoms with Crippen molar-refractivity contribution < 1.29 is 9.47 Å². The van der Waals surface area contributed by atoms with E-state index < -0.39 is 0 Å². The van der Waals surface area contributed by atoms with Gasteiger partial charge in [-0.2, -0.15) is 0 Å². The van der Waals surface area contributed by atoms with E-state index in [1.807, 2.05) is 18.3 Å². The Kier molecular flexibility index (Phi) is 6.53. The fourth-order valence-electron chi connectivity index (χ4n) is 1.20. The second-order valence-corrected chi connectivity index (χ2v) is 3.52. The molecule has 0 aliphatic rings. The van der Waals surface area contributed by atoms with Gasteiger partial charge in [-0.3, -0.25) is 0 Å². The maximum Gasteiger partial charge on any atom is 0.125 e. The molecule has 90 valence electrons. The Labute approximate surface area is 97.0 Å². The smallest absolute Gasteiger partial charge is 0.125 e. The molecule has 0 aliphatic heterocycles. The molecule has 1 N–H and O–H groups in total. The van der Waals surface area contributed by atoms with Gasteiger partial charge in [0, 0.05) is 19.9 Å². The molecule has 0 unspecified atom stereocenters. The summed E-state index contributed by atoms with van der Waals surface area (Å²) in [6.45, 7) is 4.92. The van der Waals surface area contributed by atoms with Crippen molar-refractivity contribution in [2.75, 3.05) is 32.2 Å². The minimum atomic E-state index is 0.588. The molecular weight excluding hydrogens is 204 g/mol. The van der Waals surface area contributed by atoms with Crippen LogP contribution >= 0.6 is 0 Å². The average Bonchev–Trinajstić information content (AvgIpc) is 2.33. The van der Waals surface area contributed by atoms with E-state index >= 15 is 0 Å². The summed E-state index contributed by atoms with van der Waals surface area (Å²) in [5.74, 6) is 0.919. The number of rotatable bonds is 8. The summed E-state index contributed by atoms with van der Waals surface area (Å²) < 4.78 is 10.3. The van der Waals surface area contributed by atoms with Crippen molar-refractivity contribution >= 4 is 5.82 Å². The van der Waals surface area contributed by atoms with E-state index in [0.29, 0.717) is 19.8 Å². The lowest BCUT2D eigenvalue weighted by molar-refractivity contribution is 0.0615. The normalized spacial score (nSPS) is 10.4. The molecule has 0 radical (unpaired) electrons. The summed E-state index contributed by atoms with van der Waals surface area (Å²) in [4.78, 5) is 4.29. The Morgan fingerprint density at radius 1 is 1.31 bits per heavy atom. The zero-order valence-corrected chi connectivity index (χ0v) is 10.0. The van der Waals surface area contributed by atoms with Crippen molar-refractivity contribution in [2.45, 2.75) is 20.0 Å². The molecule has 1 heterocycles. The third kappa shape index (κ3) is 5.09. The van der Waals surface area contributed by atoms with Crippen LogP contribution in [0.25, 0.3) is 0 Å². The highest BCUT2D eigenvalue weighted by molar-refractivity contribution is 5.35. The van der Waals surface area contributed by atoms with Gasteiger partial charge in [-0.1, -0.05) is 13.0 Å². The lowest BCUT2D eigenvalue weighted by Gasteiger charge is -2.06. The molecule has 0 bridgehead atoms. The maximum atomic E-state index is 5.40. The number of nitrogens with zero attached hydrogens (tertiary/aromatic N) is 1. The molecule has 4 nitrogen and oxygen atoms in total. The van der Waals surface area contributed by atoms with E-state index in [2.05, 4.69) is 17.2 Å². The van der Waals surface area contributed by atoms with E-state index in [1.54, 1.807) is 7.11 Å². The number of methoxy groups -OCH3 is 1. The molecule has 0 aliphatic carbocycles. The number of hydrogen-bond donors (Lipinski definition) is 1. The second kappa shape index (κ2) is 8.07. The molecule has 0 fully saturated rings. The van der Waals surface area contributed by atoms with Gasteiger partial charge in [0.15, 0.2) is 0 Å². The highest BCUT2D eigenvalue weighted by Gasteiger charge is 1.95. The van der Waals surface area contributed by atoms with Gasteiger partial charge in [0.25, 0.3) is 0 Å². The van der Waals surface area contributed by atoms with Crippen LogP contribution in [-0.4, -0.2) is 31.9 Å². The highest BCUT2D eigenvalue weighted by Crippen LogP contribution is 2.06. The molecule has 1 aromatic heterocycles. The standard InChI is InChI=1S/C12H20N2O2/c1-3-6-13-12-5-4-11(9-14-12)10-16-8-7-15-2/h4-5,9H,3,6-8,10H2,1-2H3,(H,13,14). The highest BCUT2D eigenvalue weighted by atomic mass is 16.5. The van der Waals surface area contributed by atoms with Crippen LogP contribution in [0.3, 0.4) is 0 Å². The number of hydrogen-bond acceptors (Lipinski definition) is 4. The van der Waals surface area contributed by atoms with Gasteiger partial charge in [-0.05, 0) is 18.1 Å². The average molecular weight is 224 g/mol. The first kappa shape index (κ1) is 12.9. The summed E-state index contributed by atoms with van der Waals surface area (Å²) in [6.07, 6.45) is 2.94. The summed E-state index contributed by atoms with van der Waals surface area (Å²) in [5.41, 5.74) is 1.08. The maximum absolute atomic E-state index is 5.40. The van der Waals surface area contributed by atoms with Crippen molar-refractivity contribution in [3.63, 3.8) is 0 Å². The third-order valence-corrected chi connectivity index (χ3v) is 2.08. The van der Waals surface area contributed by atoms with Gasteiger partial charge in [-0.15, -0.1) is 0 Å². The molecule has 1 aromatic rings. The molecule has 0 atom stereocenters. The van der Waals surface area contributed by atoms with Crippen LogP contribution in [0.1, 0.15) is 18.9 Å². The minimum Gasteiger partial charge on any atom is -0.382 e. The van der Waals surface area contributed by atoms with Crippen LogP contribution in [0.5, 0.6) is 0 Å². The van der Waals surface area contributed by atoms with Gasteiger partial charge in [0.05, 0.1) is 19.8 Å². The van der Waals surface area contributed by atoms with Crippen molar-refractivity contribution in [3.05, 3.63) is 23.9 Å². The molecule has 0 spiro atoms. The zero-order chi connectivity index (χ0) is 11.6. The SMILES string of the molecule is CCCNc1ccc(COCCOC)cn1. The fraction of sp³-hybridized carbons (Fsp3) is 0.583. The first-order valence-electron chi connectivity index (χ1n) is 5.62. The van der Waals surface area contributed by atoms with Crippen LogP contribution in [0, 0.1) is 0 Å². The van der Waals surface area contributed by atoms with Crippen LogP contribution < -0.4 is 5.32 Å². The first-order chi connectivity index (χ1) is 7.86. The van der Waals surface area contributed by atoms with Gasteiger partial charge in [-0.25, -0.2) is 4.98 Å². The minimum absolute atomic E-state index is 0.588. The number of aromatic nitrogens is 1. The summed E-state index contributed by atoms with van der Waals surface area (Å²) >= 11 is 0. The lowest BCUT2D eigenvalue weighted by atomic mass is 10.3. The molecule has 0 amide bonds. The zero-order valence-electron chi connectivity index (χ0n) is 10.0. The first-order valence-corrected chi connectivity index (χ1v) is 5.62. The number of pyridine rings is 1. The van der Waals surface area contributed by atoms with E-state index in [-0.39, 0.29) is 0 Å². The van der Waals surface area contributed by atoms with Gasteiger partial charge in [0.2, 0.25) is 0 Å². The summed E-state index contributed by atoms with van der Waals surface area (Å²) in [7, 11) is 1.67. The van der Waals surface area contributed by atoms with Crippen molar-refractivity contribution in [1.82, 2.24) is 4.98 Å². The molecule has 1 rings (SSSR count). The number of anilines is 1. The van der Waals surface area contributed by atoms with Gasteiger partial charge < -0.3 is 14.8 Å². The third-order valence-electron chi connectivity index (χ3n) is 2.08. The molecule has 4 heteroatoms. The Balaban J connectivity index is 2.27. The van der Waals surface area contributed by atoms with Crippen molar-refractivity contribution in [1.29, 1.82) is 0 Å². The Morgan fingerprint density at radius 2 is 2.19 bits per heavy atom. The molecule has 16 heavy (non-hydrogen) atoms. The van der Waals surface area contributed by atoms with E-state index in [9.17, 15) is 0 Å². The molecule has 0 saturated carbocycles. The largest absolute Gasteiger partial charge is 0.382 e. The van der Waals surface area contributed by atoms with Crippen molar-refractivity contribution in [3.8, 4) is 0 Å². The summed E-state index contributed by atoms with van der Waals surface area (Å²) in [5, 5.41) is 3.23. The fourth-order valence-corrected chi connectivity index (χ4v) is 1.20. The molecular formula is C12H20N2O2. The van der Waals surface area contributed by atoms with E-state index in [4.69, 9.17) is 9.47 Å². The van der Waals surface area contributed by atoms with E-state index in [1.165, 1.54) is 0 Å². The lowest BCUT2D eigenvalue weighted by Crippen LogP contribution is -2.04.